The Morgan fingerprint density at radius 2 is 2.27 bits per heavy atom. The molecule has 0 fully saturated rings. The topological polar surface area (TPSA) is 39.2 Å². The second-order valence-electron chi connectivity index (χ2n) is 2.75. The van der Waals surface area contributed by atoms with Crippen molar-refractivity contribution in [3.63, 3.8) is 0 Å². The Hall–Kier alpha value is -1.59. The summed E-state index contributed by atoms with van der Waals surface area (Å²) in [6.07, 6.45) is -2.43. The number of rotatable bonds is 3. The summed E-state index contributed by atoms with van der Waals surface area (Å²) in [4.78, 5) is 14.3. The highest BCUT2D eigenvalue weighted by atomic mass is 19.3. The fraction of sp³-hybridized carbons (Fsp3) is 0.333. The van der Waals surface area contributed by atoms with Gasteiger partial charge in [0.2, 0.25) is 0 Å². The molecule has 1 rings (SSSR count). The minimum absolute atomic E-state index is 0.0590. The summed E-state index contributed by atoms with van der Waals surface area (Å²) in [7, 11) is 1.17. The van der Waals surface area contributed by atoms with Gasteiger partial charge in [-0.25, -0.2) is 13.2 Å². The van der Waals surface area contributed by atoms with Crippen LogP contribution in [0.3, 0.4) is 0 Å². The second kappa shape index (κ2) is 4.77. The maximum atomic E-state index is 13.0. The predicted molar refractivity (Wildman–Crippen MR) is 44.9 cm³/mol. The lowest BCUT2D eigenvalue weighted by Gasteiger charge is -2.03. The van der Waals surface area contributed by atoms with Gasteiger partial charge < -0.3 is 4.74 Å². The van der Waals surface area contributed by atoms with Gasteiger partial charge >= 0.3 is 5.97 Å². The molecule has 0 spiro atoms. The van der Waals surface area contributed by atoms with Crippen LogP contribution >= 0.6 is 0 Å². The monoisotopic (exact) mass is 219 g/mol. The van der Waals surface area contributed by atoms with Crippen LogP contribution < -0.4 is 0 Å². The van der Waals surface area contributed by atoms with E-state index in [0.29, 0.717) is 0 Å². The van der Waals surface area contributed by atoms with E-state index in [0.717, 1.165) is 12.3 Å². The van der Waals surface area contributed by atoms with E-state index in [1.165, 1.54) is 7.11 Å². The Morgan fingerprint density at radius 1 is 1.60 bits per heavy atom. The van der Waals surface area contributed by atoms with Gasteiger partial charge in [-0.3, -0.25) is 9.78 Å². The van der Waals surface area contributed by atoms with Crippen molar-refractivity contribution in [1.29, 1.82) is 0 Å². The Bertz CT molecular complexity index is 368. The molecule has 0 aliphatic rings. The maximum Gasteiger partial charge on any atom is 0.311 e. The standard InChI is InChI=1S/C9H8F3NO2/c1-15-8(14)3-5-2-7(10)6(4-13-5)9(11)12/h2,4,9H,3H2,1H3. The predicted octanol–water partition coefficient (Wildman–Crippen LogP) is 1.87. The number of carbonyl (C=O) groups is 1. The van der Waals surface area contributed by atoms with Crippen molar-refractivity contribution >= 4 is 5.97 Å². The Labute approximate surface area is 83.9 Å². The first kappa shape index (κ1) is 11.5. The average Bonchev–Trinajstić information content (AvgIpc) is 2.17. The third-order valence-electron chi connectivity index (χ3n) is 1.73. The minimum Gasteiger partial charge on any atom is -0.469 e. The van der Waals surface area contributed by atoms with Crippen molar-refractivity contribution in [2.24, 2.45) is 0 Å². The third-order valence-corrected chi connectivity index (χ3v) is 1.73. The third kappa shape index (κ3) is 2.93. The van der Waals surface area contributed by atoms with Crippen molar-refractivity contribution in [2.45, 2.75) is 12.8 Å². The van der Waals surface area contributed by atoms with Crippen LogP contribution in [0, 0.1) is 5.82 Å². The number of carbonyl (C=O) groups excluding carboxylic acids is 1. The molecule has 82 valence electrons. The van der Waals surface area contributed by atoms with Crippen LogP contribution in [0.2, 0.25) is 0 Å². The zero-order valence-electron chi connectivity index (χ0n) is 7.84. The maximum absolute atomic E-state index is 13.0. The van der Waals surface area contributed by atoms with Crippen molar-refractivity contribution in [3.05, 3.63) is 29.3 Å². The smallest absolute Gasteiger partial charge is 0.311 e. The number of esters is 1. The fourth-order valence-electron chi connectivity index (χ4n) is 0.958. The number of ether oxygens (including phenoxy) is 1. The summed E-state index contributed by atoms with van der Waals surface area (Å²) in [6, 6.07) is 0.804. The van der Waals surface area contributed by atoms with E-state index in [1.807, 2.05) is 0 Å². The van der Waals surface area contributed by atoms with Gasteiger partial charge in [0.05, 0.1) is 24.8 Å². The first-order valence-electron chi connectivity index (χ1n) is 4.04. The number of alkyl halides is 2. The molecular weight excluding hydrogens is 211 g/mol. The molecule has 0 amide bonds. The van der Waals surface area contributed by atoms with Crippen LogP contribution in [-0.2, 0) is 16.0 Å². The normalized spacial score (nSPS) is 10.5. The van der Waals surface area contributed by atoms with E-state index < -0.39 is 23.8 Å². The molecule has 0 N–H and O–H groups in total. The summed E-state index contributed by atoms with van der Waals surface area (Å²) in [6.45, 7) is 0. The number of pyridine rings is 1. The molecule has 0 saturated heterocycles. The SMILES string of the molecule is COC(=O)Cc1cc(F)c(C(F)F)cn1. The summed E-state index contributed by atoms with van der Waals surface area (Å²) < 4.78 is 41.5. The molecule has 0 aromatic carbocycles. The van der Waals surface area contributed by atoms with Gasteiger partial charge in [-0.1, -0.05) is 0 Å². The molecular formula is C9H8F3NO2. The average molecular weight is 219 g/mol. The van der Waals surface area contributed by atoms with Crippen molar-refractivity contribution in [1.82, 2.24) is 4.98 Å². The molecule has 1 aromatic rings. The first-order chi connectivity index (χ1) is 7.04. The zero-order chi connectivity index (χ0) is 11.4. The number of methoxy groups -OCH3 is 1. The van der Waals surface area contributed by atoms with Crippen molar-refractivity contribution < 1.29 is 22.7 Å². The lowest BCUT2D eigenvalue weighted by molar-refractivity contribution is -0.139. The minimum atomic E-state index is -2.91. The Kier molecular flexibility index (Phi) is 3.65. The number of nitrogens with zero attached hydrogens (tertiary/aromatic N) is 1. The van der Waals surface area contributed by atoms with Crippen LogP contribution in [0.25, 0.3) is 0 Å². The summed E-state index contributed by atoms with van der Waals surface area (Å²) in [5.41, 5.74) is -0.715. The first-order valence-corrected chi connectivity index (χ1v) is 4.04. The van der Waals surface area contributed by atoms with Gasteiger partial charge in [-0.05, 0) is 6.07 Å². The molecule has 0 aliphatic heterocycles. The molecule has 0 bridgehead atoms. The highest BCUT2D eigenvalue weighted by Crippen LogP contribution is 2.21. The van der Waals surface area contributed by atoms with E-state index in [-0.39, 0.29) is 12.1 Å². The zero-order valence-corrected chi connectivity index (χ0v) is 7.84. The largest absolute Gasteiger partial charge is 0.469 e. The Morgan fingerprint density at radius 3 is 2.73 bits per heavy atom. The number of hydrogen-bond donors (Lipinski definition) is 0. The lowest BCUT2D eigenvalue weighted by Crippen LogP contribution is -2.07. The number of halogens is 3. The Balaban J connectivity index is 2.87. The molecule has 0 atom stereocenters. The molecule has 0 unspecified atom stereocenters. The number of aromatic nitrogens is 1. The molecule has 15 heavy (non-hydrogen) atoms. The van der Waals surface area contributed by atoms with Crippen LogP contribution in [0.5, 0.6) is 0 Å². The van der Waals surface area contributed by atoms with Gasteiger partial charge in [-0.2, -0.15) is 0 Å². The highest BCUT2D eigenvalue weighted by Gasteiger charge is 2.15. The van der Waals surface area contributed by atoms with E-state index >= 15 is 0 Å². The molecule has 1 heterocycles. The van der Waals surface area contributed by atoms with Gasteiger partial charge in [0, 0.05) is 6.20 Å². The van der Waals surface area contributed by atoms with E-state index in [9.17, 15) is 18.0 Å². The van der Waals surface area contributed by atoms with Gasteiger partial charge in [0.15, 0.2) is 0 Å². The van der Waals surface area contributed by atoms with Gasteiger partial charge in [0.25, 0.3) is 6.43 Å². The fourth-order valence-corrected chi connectivity index (χ4v) is 0.958. The molecule has 0 radical (unpaired) electrons. The molecule has 3 nitrogen and oxygen atoms in total. The van der Waals surface area contributed by atoms with Crippen LogP contribution in [0.15, 0.2) is 12.3 Å². The quantitative estimate of drug-likeness (QED) is 0.728. The molecule has 1 aromatic heterocycles. The molecule has 6 heteroatoms. The van der Waals surface area contributed by atoms with Crippen molar-refractivity contribution in [3.8, 4) is 0 Å². The van der Waals surface area contributed by atoms with E-state index in [4.69, 9.17) is 0 Å². The molecule has 0 saturated carbocycles. The van der Waals surface area contributed by atoms with Crippen LogP contribution in [0.1, 0.15) is 17.7 Å². The number of hydrogen-bond acceptors (Lipinski definition) is 3. The van der Waals surface area contributed by atoms with Crippen LogP contribution in [-0.4, -0.2) is 18.1 Å². The van der Waals surface area contributed by atoms with Crippen LogP contribution in [0.4, 0.5) is 13.2 Å². The second-order valence-corrected chi connectivity index (χ2v) is 2.75. The van der Waals surface area contributed by atoms with E-state index in [1.54, 1.807) is 0 Å². The van der Waals surface area contributed by atoms with E-state index in [2.05, 4.69) is 9.72 Å². The van der Waals surface area contributed by atoms with Gasteiger partial charge in [-0.15, -0.1) is 0 Å². The van der Waals surface area contributed by atoms with Gasteiger partial charge in [0.1, 0.15) is 5.82 Å². The molecule has 0 aliphatic carbocycles. The summed E-state index contributed by atoms with van der Waals surface area (Å²) >= 11 is 0. The van der Waals surface area contributed by atoms with Crippen molar-refractivity contribution in [2.75, 3.05) is 7.11 Å². The lowest BCUT2D eigenvalue weighted by atomic mass is 10.2. The summed E-state index contributed by atoms with van der Waals surface area (Å²) in [5.74, 6) is -1.68. The highest BCUT2D eigenvalue weighted by molar-refractivity contribution is 5.71. The summed E-state index contributed by atoms with van der Waals surface area (Å²) in [5, 5.41) is 0.